The Kier molecular flexibility index (Phi) is 3.92. The van der Waals surface area contributed by atoms with Crippen LogP contribution in [0.25, 0.3) is 0 Å². The van der Waals surface area contributed by atoms with Crippen molar-refractivity contribution in [2.24, 2.45) is 0 Å². The Morgan fingerprint density at radius 3 is 2.57 bits per heavy atom. The molecule has 0 aliphatic carbocycles. The lowest BCUT2D eigenvalue weighted by atomic mass is 10.0. The van der Waals surface area contributed by atoms with Crippen LogP contribution in [0.3, 0.4) is 0 Å². The van der Waals surface area contributed by atoms with Crippen LogP contribution < -0.4 is 14.8 Å². The maximum absolute atomic E-state index is 12.3. The average molecular weight is 305 g/mol. The largest absolute Gasteiger partial charge is 0.481 e. The van der Waals surface area contributed by atoms with Gasteiger partial charge in [0, 0.05) is 0 Å². The number of carboxylic acid groups (broad SMARTS) is 1. The number of ether oxygens (including phenoxy) is 2. The van der Waals surface area contributed by atoms with Crippen molar-refractivity contribution in [3.63, 3.8) is 0 Å². The lowest BCUT2D eigenvalue weighted by Gasteiger charge is -2.18. The normalized spacial score (nSPS) is 14.6. The zero-order valence-electron chi connectivity index (χ0n) is 10.4. The molecule has 1 aromatic carbocycles. The molecule has 0 fully saturated rings. The van der Waals surface area contributed by atoms with Gasteiger partial charge in [-0.05, 0) is 17.7 Å². The Balaban J connectivity index is 2.23. The molecule has 0 aromatic heterocycles. The predicted molar refractivity (Wildman–Crippen MR) is 61.8 cm³/mol. The Labute approximate surface area is 116 Å². The molecular weight excluding hydrogens is 295 g/mol. The first-order chi connectivity index (χ1) is 9.77. The minimum absolute atomic E-state index is 0.0305. The maximum atomic E-state index is 12.3. The first-order valence-corrected chi connectivity index (χ1v) is 5.76. The van der Waals surface area contributed by atoms with Gasteiger partial charge in [0.05, 0.1) is 12.5 Å². The van der Waals surface area contributed by atoms with Crippen LogP contribution in [0.1, 0.15) is 18.0 Å². The second kappa shape index (κ2) is 5.51. The molecule has 1 aliphatic heterocycles. The number of aliphatic carboxylic acids is 1. The second-order valence-corrected chi connectivity index (χ2v) is 4.23. The van der Waals surface area contributed by atoms with E-state index in [1.165, 1.54) is 18.2 Å². The zero-order valence-corrected chi connectivity index (χ0v) is 10.4. The highest BCUT2D eigenvalue weighted by Gasteiger charge is 2.40. The number of nitrogens with one attached hydrogen (secondary N) is 1. The van der Waals surface area contributed by atoms with Crippen LogP contribution in [0.4, 0.5) is 13.2 Å². The molecule has 1 aromatic rings. The number of amides is 1. The van der Waals surface area contributed by atoms with E-state index < -0.39 is 30.5 Å². The van der Waals surface area contributed by atoms with E-state index >= 15 is 0 Å². The van der Waals surface area contributed by atoms with Gasteiger partial charge in [0.25, 0.3) is 0 Å². The molecule has 0 spiro atoms. The molecule has 2 rings (SSSR count). The Bertz CT molecular complexity index is 573. The lowest BCUT2D eigenvalue weighted by Crippen LogP contribution is -2.39. The Morgan fingerprint density at radius 1 is 1.29 bits per heavy atom. The number of hydrogen-bond donors (Lipinski definition) is 2. The quantitative estimate of drug-likeness (QED) is 0.883. The summed E-state index contributed by atoms with van der Waals surface area (Å²) in [5.41, 5.74) is 0.180. The molecule has 6 nitrogen and oxygen atoms in total. The summed E-state index contributed by atoms with van der Waals surface area (Å²) in [6.07, 6.45) is -5.78. The van der Waals surface area contributed by atoms with E-state index in [9.17, 15) is 22.8 Å². The van der Waals surface area contributed by atoms with Gasteiger partial charge >= 0.3 is 18.1 Å². The second-order valence-electron chi connectivity index (χ2n) is 4.23. The predicted octanol–water partition coefficient (Wildman–Crippen LogP) is 1.61. The summed E-state index contributed by atoms with van der Waals surface area (Å²) in [4.78, 5) is 21.7. The van der Waals surface area contributed by atoms with Crippen molar-refractivity contribution >= 4 is 11.9 Å². The number of carbonyl (C=O) groups is 2. The SMILES string of the molecule is O=C(O)C[C@H](NC(=O)C(F)(F)F)c1ccc2c(c1)OCO2. The number of rotatable bonds is 4. The molecule has 2 N–H and O–H groups in total. The number of fused-ring (bicyclic) bond motifs is 1. The third kappa shape index (κ3) is 3.56. The van der Waals surface area contributed by atoms with Crippen LogP contribution >= 0.6 is 0 Å². The van der Waals surface area contributed by atoms with Crippen LogP contribution in [0.15, 0.2) is 18.2 Å². The summed E-state index contributed by atoms with van der Waals surface area (Å²) >= 11 is 0. The Morgan fingerprint density at radius 2 is 1.95 bits per heavy atom. The highest BCUT2D eigenvalue weighted by molar-refractivity contribution is 5.82. The fourth-order valence-corrected chi connectivity index (χ4v) is 1.80. The minimum Gasteiger partial charge on any atom is -0.481 e. The van der Waals surface area contributed by atoms with E-state index in [0.717, 1.165) is 0 Å². The summed E-state index contributed by atoms with van der Waals surface area (Å²) in [6, 6.07) is 2.82. The Hall–Kier alpha value is -2.45. The number of carbonyl (C=O) groups excluding carboxylic acids is 1. The number of carboxylic acids is 1. The molecule has 21 heavy (non-hydrogen) atoms. The summed E-state index contributed by atoms with van der Waals surface area (Å²) in [6.45, 7) is -0.0305. The maximum Gasteiger partial charge on any atom is 0.471 e. The number of benzene rings is 1. The fraction of sp³-hybridized carbons (Fsp3) is 0.333. The third-order valence-corrected chi connectivity index (χ3v) is 2.74. The molecule has 1 amide bonds. The standard InChI is InChI=1S/C12H10F3NO5/c13-12(14,15)11(19)16-7(4-10(17)18)6-1-2-8-9(3-6)21-5-20-8/h1-3,7H,4-5H2,(H,16,19)(H,17,18)/t7-/m0/s1. The summed E-state index contributed by atoms with van der Waals surface area (Å²) in [7, 11) is 0. The van der Waals surface area contributed by atoms with E-state index in [1.54, 1.807) is 5.32 Å². The average Bonchev–Trinajstić information content (AvgIpc) is 2.83. The van der Waals surface area contributed by atoms with Crippen LogP contribution in [0.2, 0.25) is 0 Å². The summed E-state index contributed by atoms with van der Waals surface area (Å²) in [5, 5.41) is 10.4. The molecule has 1 heterocycles. The zero-order chi connectivity index (χ0) is 15.6. The van der Waals surface area contributed by atoms with E-state index in [1.807, 2.05) is 0 Å². The van der Waals surface area contributed by atoms with Crippen molar-refractivity contribution in [3.05, 3.63) is 23.8 Å². The van der Waals surface area contributed by atoms with Crippen molar-refractivity contribution < 1.29 is 37.3 Å². The molecule has 114 valence electrons. The smallest absolute Gasteiger partial charge is 0.471 e. The van der Waals surface area contributed by atoms with Gasteiger partial charge in [-0.25, -0.2) is 0 Å². The highest BCUT2D eigenvalue weighted by Crippen LogP contribution is 2.35. The molecule has 0 unspecified atom stereocenters. The monoisotopic (exact) mass is 305 g/mol. The van der Waals surface area contributed by atoms with Crippen LogP contribution in [0, 0.1) is 0 Å². The first kappa shape index (κ1) is 14.9. The van der Waals surface area contributed by atoms with Crippen molar-refractivity contribution in [1.82, 2.24) is 5.32 Å². The van der Waals surface area contributed by atoms with Crippen LogP contribution in [0.5, 0.6) is 11.5 Å². The van der Waals surface area contributed by atoms with E-state index in [4.69, 9.17) is 14.6 Å². The topological polar surface area (TPSA) is 84.9 Å². The number of hydrogen-bond acceptors (Lipinski definition) is 4. The van der Waals surface area contributed by atoms with Crippen molar-refractivity contribution in [3.8, 4) is 11.5 Å². The molecule has 0 bridgehead atoms. The molecule has 0 radical (unpaired) electrons. The summed E-state index contributed by atoms with van der Waals surface area (Å²) < 4.78 is 46.9. The van der Waals surface area contributed by atoms with Crippen LogP contribution in [-0.2, 0) is 9.59 Å². The van der Waals surface area contributed by atoms with Gasteiger partial charge in [-0.3, -0.25) is 9.59 Å². The van der Waals surface area contributed by atoms with Crippen molar-refractivity contribution in [2.75, 3.05) is 6.79 Å². The highest BCUT2D eigenvalue weighted by atomic mass is 19.4. The van der Waals surface area contributed by atoms with Gasteiger partial charge in [-0.2, -0.15) is 13.2 Å². The van der Waals surface area contributed by atoms with E-state index in [2.05, 4.69) is 0 Å². The summed E-state index contributed by atoms with van der Waals surface area (Å²) in [5.74, 6) is -2.87. The third-order valence-electron chi connectivity index (χ3n) is 2.74. The van der Waals surface area contributed by atoms with Gasteiger partial charge in [-0.15, -0.1) is 0 Å². The van der Waals surface area contributed by atoms with E-state index in [-0.39, 0.29) is 18.1 Å². The van der Waals surface area contributed by atoms with Gasteiger partial charge in [0.2, 0.25) is 6.79 Å². The van der Waals surface area contributed by atoms with Crippen molar-refractivity contribution in [1.29, 1.82) is 0 Å². The number of alkyl halides is 3. The van der Waals surface area contributed by atoms with Gasteiger partial charge in [0.15, 0.2) is 11.5 Å². The van der Waals surface area contributed by atoms with Gasteiger partial charge in [-0.1, -0.05) is 6.07 Å². The van der Waals surface area contributed by atoms with Crippen LogP contribution in [-0.4, -0.2) is 30.0 Å². The van der Waals surface area contributed by atoms with Crippen molar-refractivity contribution in [2.45, 2.75) is 18.6 Å². The molecule has 1 atom stereocenters. The minimum atomic E-state index is -5.09. The molecule has 9 heteroatoms. The van der Waals surface area contributed by atoms with Gasteiger partial charge < -0.3 is 19.9 Å². The lowest BCUT2D eigenvalue weighted by molar-refractivity contribution is -0.174. The van der Waals surface area contributed by atoms with E-state index in [0.29, 0.717) is 5.75 Å². The molecule has 0 saturated heterocycles. The molecule has 1 aliphatic rings. The fourth-order valence-electron chi connectivity index (χ4n) is 1.80. The number of halogens is 3. The van der Waals surface area contributed by atoms with Gasteiger partial charge in [0.1, 0.15) is 0 Å². The molecular formula is C12H10F3NO5. The first-order valence-electron chi connectivity index (χ1n) is 5.76. The molecule has 0 saturated carbocycles.